The van der Waals surface area contributed by atoms with Crippen molar-refractivity contribution in [2.24, 2.45) is 0 Å². The number of hydrogen-bond acceptors (Lipinski definition) is 2. The second-order valence-corrected chi connectivity index (χ2v) is 4.21. The number of hydrogen-bond donors (Lipinski definition) is 0. The van der Waals surface area contributed by atoms with E-state index in [1.165, 1.54) is 7.11 Å². The Labute approximate surface area is 103 Å². The van der Waals surface area contributed by atoms with Gasteiger partial charge in [-0.25, -0.2) is 0 Å². The van der Waals surface area contributed by atoms with E-state index in [2.05, 4.69) is 20.7 Å². The van der Waals surface area contributed by atoms with Crippen molar-refractivity contribution in [3.63, 3.8) is 0 Å². The lowest BCUT2D eigenvalue weighted by Crippen LogP contribution is -2.03. The largest absolute Gasteiger partial charge is 0.469 e. The fourth-order valence-corrected chi connectivity index (χ4v) is 2.19. The van der Waals surface area contributed by atoms with Crippen molar-refractivity contribution in [1.29, 1.82) is 0 Å². The number of benzene rings is 1. The Morgan fingerprint density at radius 2 is 2.27 bits per heavy atom. The van der Waals surface area contributed by atoms with Gasteiger partial charge in [0.1, 0.15) is 0 Å². The van der Waals surface area contributed by atoms with Gasteiger partial charge in [-0.05, 0) is 23.6 Å². The van der Waals surface area contributed by atoms with E-state index in [1.807, 2.05) is 18.2 Å². The van der Waals surface area contributed by atoms with Crippen molar-refractivity contribution >= 4 is 33.5 Å². The molecule has 0 aliphatic carbocycles. The maximum absolute atomic E-state index is 11.0. The van der Waals surface area contributed by atoms with Crippen LogP contribution in [0.3, 0.4) is 0 Å². The molecule has 0 N–H and O–H groups in total. The monoisotopic (exact) mass is 290 g/mol. The molecule has 2 nitrogen and oxygen atoms in total. The summed E-state index contributed by atoms with van der Waals surface area (Å²) in [5, 5.41) is 0. The molecule has 1 aromatic rings. The van der Waals surface area contributed by atoms with Gasteiger partial charge >= 0.3 is 5.97 Å². The van der Waals surface area contributed by atoms with Crippen molar-refractivity contribution in [3.8, 4) is 0 Å². The highest BCUT2D eigenvalue weighted by Crippen LogP contribution is 2.23. The summed E-state index contributed by atoms with van der Waals surface area (Å²) < 4.78 is 5.59. The Hall–Kier alpha value is -0.540. The number of halogens is 2. The van der Waals surface area contributed by atoms with Crippen LogP contribution in [0.25, 0.3) is 0 Å². The van der Waals surface area contributed by atoms with Crippen LogP contribution >= 0.6 is 27.5 Å². The Bertz CT molecular complexity index is 352. The van der Waals surface area contributed by atoms with Gasteiger partial charge < -0.3 is 4.74 Å². The minimum Gasteiger partial charge on any atom is -0.469 e. The summed E-state index contributed by atoms with van der Waals surface area (Å²) in [6.45, 7) is 0. The summed E-state index contributed by atoms with van der Waals surface area (Å²) in [5.41, 5.74) is 2.13. The zero-order valence-corrected chi connectivity index (χ0v) is 10.8. The summed E-state index contributed by atoms with van der Waals surface area (Å²) in [4.78, 5) is 11.0. The third kappa shape index (κ3) is 3.50. The van der Waals surface area contributed by atoms with Crippen molar-refractivity contribution < 1.29 is 9.53 Å². The highest BCUT2D eigenvalue weighted by atomic mass is 79.9. The van der Waals surface area contributed by atoms with Gasteiger partial charge in [0.15, 0.2) is 0 Å². The second-order valence-electron chi connectivity index (χ2n) is 3.09. The lowest BCUT2D eigenvalue weighted by atomic mass is 10.0. The predicted molar refractivity (Wildman–Crippen MR) is 64.0 cm³/mol. The van der Waals surface area contributed by atoms with E-state index in [4.69, 9.17) is 11.6 Å². The summed E-state index contributed by atoms with van der Waals surface area (Å²) in [6.07, 6.45) is 1.03. The predicted octanol–water partition coefficient (Wildman–Crippen LogP) is 3.29. The van der Waals surface area contributed by atoms with Crippen LogP contribution in [-0.4, -0.2) is 13.1 Å². The lowest BCUT2D eigenvalue weighted by Gasteiger charge is -2.08. The van der Waals surface area contributed by atoms with Crippen molar-refractivity contribution in [3.05, 3.63) is 33.8 Å². The first-order chi connectivity index (χ1) is 7.19. The van der Waals surface area contributed by atoms with Crippen LogP contribution in [0, 0.1) is 0 Å². The van der Waals surface area contributed by atoms with Crippen LogP contribution in [-0.2, 0) is 21.8 Å². The van der Waals surface area contributed by atoms with E-state index >= 15 is 0 Å². The van der Waals surface area contributed by atoms with Crippen LogP contribution in [0.4, 0.5) is 0 Å². The second kappa shape index (κ2) is 6.13. The molecule has 82 valence electrons. The highest BCUT2D eigenvalue weighted by Gasteiger charge is 2.08. The molecule has 0 unspecified atom stereocenters. The molecule has 0 aromatic heterocycles. The van der Waals surface area contributed by atoms with E-state index in [0.717, 1.165) is 15.6 Å². The summed E-state index contributed by atoms with van der Waals surface area (Å²) in [5.74, 6) is 0.252. The SMILES string of the molecule is COC(=O)CCc1c(Br)cccc1CCl. The van der Waals surface area contributed by atoms with Gasteiger partial charge in [-0.1, -0.05) is 28.1 Å². The molecule has 0 heterocycles. The average Bonchev–Trinajstić information content (AvgIpc) is 2.26. The number of carbonyl (C=O) groups excluding carboxylic acids is 1. The quantitative estimate of drug-likeness (QED) is 0.628. The van der Waals surface area contributed by atoms with E-state index in [1.54, 1.807) is 0 Å². The van der Waals surface area contributed by atoms with Crippen molar-refractivity contribution in [2.75, 3.05) is 7.11 Å². The average molecular weight is 292 g/mol. The van der Waals surface area contributed by atoms with Gasteiger partial charge in [-0.3, -0.25) is 4.79 Å². The summed E-state index contributed by atoms with van der Waals surface area (Å²) >= 11 is 9.27. The molecule has 0 bridgehead atoms. The van der Waals surface area contributed by atoms with Crippen LogP contribution in [0.2, 0.25) is 0 Å². The molecule has 0 radical (unpaired) electrons. The minimum atomic E-state index is -0.203. The Kier molecular flexibility index (Phi) is 5.12. The molecule has 1 rings (SSSR count). The van der Waals surface area contributed by atoms with Crippen LogP contribution in [0.15, 0.2) is 22.7 Å². The van der Waals surface area contributed by atoms with E-state index in [9.17, 15) is 4.79 Å². The van der Waals surface area contributed by atoms with Crippen LogP contribution in [0.5, 0.6) is 0 Å². The number of rotatable bonds is 4. The third-order valence-corrected chi connectivity index (χ3v) is 3.20. The first kappa shape index (κ1) is 12.5. The molecular weight excluding hydrogens is 279 g/mol. The van der Waals surface area contributed by atoms with Crippen LogP contribution < -0.4 is 0 Å². The number of methoxy groups -OCH3 is 1. The summed E-state index contributed by atoms with van der Waals surface area (Å²) in [6, 6.07) is 5.84. The van der Waals surface area contributed by atoms with Gasteiger partial charge in [-0.2, -0.15) is 0 Å². The number of alkyl halides is 1. The van der Waals surface area contributed by atoms with Crippen molar-refractivity contribution in [1.82, 2.24) is 0 Å². The zero-order valence-electron chi connectivity index (χ0n) is 8.43. The third-order valence-electron chi connectivity index (χ3n) is 2.17. The number of carbonyl (C=O) groups is 1. The fraction of sp³-hybridized carbons (Fsp3) is 0.364. The van der Waals surface area contributed by atoms with E-state index in [0.29, 0.717) is 18.7 Å². The lowest BCUT2D eigenvalue weighted by molar-refractivity contribution is -0.140. The van der Waals surface area contributed by atoms with E-state index < -0.39 is 0 Å². The smallest absolute Gasteiger partial charge is 0.305 e. The first-order valence-electron chi connectivity index (χ1n) is 4.58. The molecule has 4 heteroatoms. The topological polar surface area (TPSA) is 26.3 Å². The van der Waals surface area contributed by atoms with E-state index in [-0.39, 0.29) is 5.97 Å². The summed E-state index contributed by atoms with van der Waals surface area (Å²) in [7, 11) is 1.39. The molecule has 0 atom stereocenters. The highest BCUT2D eigenvalue weighted by molar-refractivity contribution is 9.10. The Balaban J connectivity index is 2.78. The molecule has 0 aliphatic rings. The Morgan fingerprint density at radius 1 is 1.53 bits per heavy atom. The van der Waals surface area contributed by atoms with Crippen molar-refractivity contribution in [2.45, 2.75) is 18.7 Å². The first-order valence-corrected chi connectivity index (χ1v) is 5.90. The van der Waals surface area contributed by atoms with Gasteiger partial charge in [-0.15, -0.1) is 11.6 Å². The molecule has 1 aromatic carbocycles. The van der Waals surface area contributed by atoms with Crippen LogP contribution in [0.1, 0.15) is 17.5 Å². The molecule has 0 aliphatic heterocycles. The zero-order chi connectivity index (χ0) is 11.3. The van der Waals surface area contributed by atoms with Gasteiger partial charge in [0.05, 0.1) is 7.11 Å². The Morgan fingerprint density at radius 3 is 2.87 bits per heavy atom. The normalized spacial score (nSPS) is 10.1. The number of ether oxygens (including phenoxy) is 1. The fourth-order valence-electron chi connectivity index (χ4n) is 1.34. The molecule has 0 saturated carbocycles. The maximum atomic E-state index is 11.0. The van der Waals surface area contributed by atoms with Gasteiger partial charge in [0, 0.05) is 16.8 Å². The van der Waals surface area contributed by atoms with Gasteiger partial charge in [0.25, 0.3) is 0 Å². The molecule has 0 fully saturated rings. The molecule has 0 amide bonds. The molecular formula is C11H12BrClO2. The molecule has 0 saturated heterocycles. The van der Waals surface area contributed by atoms with Gasteiger partial charge in [0.2, 0.25) is 0 Å². The standard InChI is InChI=1S/C11H12BrClO2/c1-15-11(14)6-5-9-8(7-13)3-2-4-10(9)12/h2-4H,5-7H2,1H3. The minimum absolute atomic E-state index is 0.203. The molecule has 15 heavy (non-hydrogen) atoms. The number of esters is 1. The molecule has 0 spiro atoms. The maximum Gasteiger partial charge on any atom is 0.305 e.